The van der Waals surface area contributed by atoms with Gasteiger partial charge in [-0.2, -0.15) is 5.11 Å². The van der Waals surface area contributed by atoms with Crippen LogP contribution in [0.5, 0.6) is 0 Å². The van der Waals surface area contributed by atoms with E-state index in [0.29, 0.717) is 38.4 Å². The number of Topliss-reactive ketones (excluding diaryl/α,β-unsaturated/α-hetero) is 1. The zero-order valence-electron chi connectivity index (χ0n) is 15.9. The highest BCUT2D eigenvalue weighted by Gasteiger charge is 2.55. The molecule has 3 aliphatic heterocycles. The normalized spacial score (nSPS) is 32.9. The van der Waals surface area contributed by atoms with Gasteiger partial charge in [-0.05, 0) is 37.0 Å². The minimum Gasteiger partial charge on any atom is -0.342 e. The molecule has 1 atom stereocenters. The van der Waals surface area contributed by atoms with Crippen LogP contribution >= 0.6 is 0 Å². The van der Waals surface area contributed by atoms with Crippen molar-refractivity contribution in [1.29, 1.82) is 0 Å². The highest BCUT2D eigenvalue weighted by atomic mass is 32.2. The molecule has 27 heavy (non-hydrogen) atoms. The number of hydrogen-bond donors (Lipinski definition) is 1. The number of carbonyl (C=O) groups is 1. The standard InChI is InChI=1S/C19H26N4O3S/c1-18(2)7-14-16(15(24)8-18)19(13-9-20-22-17(13)21-14)5-6-23(11-19)27(25,26)10-12-3-4-12/h12,21H,3-11H2,1-2H3/t19-/m0/s1. The Morgan fingerprint density at radius 1 is 1.26 bits per heavy atom. The van der Waals surface area contributed by atoms with Crippen molar-refractivity contribution in [2.24, 2.45) is 27.0 Å². The average molecular weight is 391 g/mol. The van der Waals surface area contributed by atoms with Crippen LogP contribution in [0.25, 0.3) is 0 Å². The van der Waals surface area contributed by atoms with E-state index in [1.807, 2.05) is 0 Å². The molecule has 0 unspecified atom stereocenters. The molecule has 0 amide bonds. The summed E-state index contributed by atoms with van der Waals surface area (Å²) in [5.74, 6) is 1.45. The Hall–Kier alpha value is -1.54. The second-order valence-corrected chi connectivity index (χ2v) is 11.5. The van der Waals surface area contributed by atoms with Gasteiger partial charge in [-0.1, -0.05) is 13.8 Å². The molecule has 2 fully saturated rings. The van der Waals surface area contributed by atoms with E-state index in [1.165, 1.54) is 0 Å². The zero-order valence-corrected chi connectivity index (χ0v) is 16.7. The van der Waals surface area contributed by atoms with Gasteiger partial charge in [-0.25, -0.2) is 12.7 Å². The van der Waals surface area contributed by atoms with E-state index < -0.39 is 15.4 Å². The fourth-order valence-corrected chi connectivity index (χ4v) is 7.14. The van der Waals surface area contributed by atoms with Gasteiger partial charge >= 0.3 is 0 Å². The van der Waals surface area contributed by atoms with E-state index in [4.69, 9.17) is 0 Å². The summed E-state index contributed by atoms with van der Waals surface area (Å²) in [4.78, 5) is 13.2. The number of azo groups is 1. The summed E-state index contributed by atoms with van der Waals surface area (Å²) in [6.45, 7) is 5.48. The summed E-state index contributed by atoms with van der Waals surface area (Å²) in [5.41, 5.74) is 2.07. The molecule has 1 saturated heterocycles. The minimum absolute atomic E-state index is 0.103. The summed E-state index contributed by atoms with van der Waals surface area (Å²) < 4.78 is 27.4. The number of nitrogens with one attached hydrogen (secondary N) is 1. The first-order valence-corrected chi connectivity index (χ1v) is 11.4. The van der Waals surface area contributed by atoms with Crippen LogP contribution in [0.15, 0.2) is 32.9 Å². The smallest absolute Gasteiger partial charge is 0.214 e. The number of carbonyl (C=O) groups excluding carboxylic acids is 1. The van der Waals surface area contributed by atoms with Crippen LogP contribution in [-0.2, 0) is 14.8 Å². The Labute approximate surface area is 160 Å². The van der Waals surface area contributed by atoms with Crippen molar-refractivity contribution in [2.45, 2.75) is 46.0 Å². The van der Waals surface area contributed by atoms with E-state index in [1.54, 1.807) is 4.31 Å². The second kappa shape index (κ2) is 5.50. The van der Waals surface area contributed by atoms with Gasteiger partial charge in [0.1, 0.15) is 0 Å². The van der Waals surface area contributed by atoms with E-state index in [-0.39, 0.29) is 17.0 Å². The van der Waals surface area contributed by atoms with Crippen LogP contribution in [0, 0.1) is 16.7 Å². The van der Waals surface area contributed by atoms with Crippen LogP contribution in [0.4, 0.5) is 0 Å². The number of dihydropyridines is 1. The van der Waals surface area contributed by atoms with Crippen molar-refractivity contribution >= 4 is 15.8 Å². The number of fused-ring (bicyclic) bond motifs is 2. The summed E-state index contributed by atoms with van der Waals surface area (Å²) >= 11 is 0. The molecule has 0 radical (unpaired) electrons. The number of allylic oxidation sites excluding steroid dienone is 1. The molecule has 146 valence electrons. The van der Waals surface area contributed by atoms with Gasteiger partial charge in [0.2, 0.25) is 10.0 Å². The monoisotopic (exact) mass is 390 g/mol. The lowest BCUT2D eigenvalue weighted by molar-refractivity contribution is -0.119. The third-order valence-electron chi connectivity index (χ3n) is 6.66. The van der Waals surface area contributed by atoms with Crippen LogP contribution in [0.2, 0.25) is 0 Å². The molecule has 0 bridgehead atoms. The molecule has 1 spiro atoms. The van der Waals surface area contributed by atoms with Crippen molar-refractivity contribution in [3.63, 3.8) is 0 Å². The molecule has 1 saturated carbocycles. The maximum absolute atomic E-state index is 13.2. The largest absolute Gasteiger partial charge is 0.342 e. The van der Waals surface area contributed by atoms with E-state index in [2.05, 4.69) is 29.4 Å². The van der Waals surface area contributed by atoms with Crippen molar-refractivity contribution in [2.75, 3.05) is 25.4 Å². The van der Waals surface area contributed by atoms with Gasteiger partial charge in [-0.3, -0.25) is 4.79 Å². The molecule has 3 heterocycles. The summed E-state index contributed by atoms with van der Waals surface area (Å²) in [7, 11) is -3.28. The van der Waals surface area contributed by atoms with Crippen LogP contribution in [0.3, 0.4) is 0 Å². The van der Waals surface area contributed by atoms with E-state index in [0.717, 1.165) is 41.9 Å². The quantitative estimate of drug-likeness (QED) is 0.801. The lowest BCUT2D eigenvalue weighted by Crippen LogP contribution is -2.46. The average Bonchev–Trinajstić information content (AvgIpc) is 3.06. The van der Waals surface area contributed by atoms with Gasteiger partial charge in [0.15, 0.2) is 11.6 Å². The van der Waals surface area contributed by atoms with Gasteiger partial charge in [0.05, 0.1) is 12.3 Å². The summed E-state index contributed by atoms with van der Waals surface area (Å²) in [6, 6.07) is 0. The predicted octanol–water partition coefficient (Wildman–Crippen LogP) is 2.34. The molecule has 8 heteroatoms. The maximum atomic E-state index is 13.2. The zero-order chi connectivity index (χ0) is 19.0. The Morgan fingerprint density at radius 3 is 2.78 bits per heavy atom. The number of hydrogen-bond acceptors (Lipinski definition) is 6. The molecule has 0 aromatic heterocycles. The van der Waals surface area contributed by atoms with E-state index >= 15 is 0 Å². The Bertz CT molecular complexity index is 927. The first-order chi connectivity index (χ1) is 12.7. The molecule has 2 aliphatic carbocycles. The third-order valence-corrected chi connectivity index (χ3v) is 8.65. The molecule has 5 aliphatic rings. The van der Waals surface area contributed by atoms with Crippen molar-refractivity contribution in [3.8, 4) is 0 Å². The second-order valence-electron chi connectivity index (χ2n) is 9.53. The van der Waals surface area contributed by atoms with Gasteiger partial charge in [-0.15, -0.1) is 5.11 Å². The number of rotatable bonds is 3. The lowest BCUT2D eigenvalue weighted by atomic mass is 9.63. The number of ketones is 1. The highest BCUT2D eigenvalue weighted by molar-refractivity contribution is 7.89. The van der Waals surface area contributed by atoms with Crippen LogP contribution < -0.4 is 5.32 Å². The maximum Gasteiger partial charge on any atom is 0.214 e. The van der Waals surface area contributed by atoms with Crippen LogP contribution in [-0.4, -0.2) is 43.9 Å². The predicted molar refractivity (Wildman–Crippen MR) is 100 cm³/mol. The van der Waals surface area contributed by atoms with Crippen molar-refractivity contribution < 1.29 is 13.2 Å². The SMILES string of the molecule is CC1(C)CC(=O)C2=C(C1)NC1=C(CN=N1)[C@@]21CCN(S(=O)(=O)CC2CC2)C1. The summed E-state index contributed by atoms with van der Waals surface area (Å²) in [5, 5.41) is 11.8. The first-order valence-electron chi connectivity index (χ1n) is 9.83. The first kappa shape index (κ1) is 17.6. The fourth-order valence-electron chi connectivity index (χ4n) is 5.22. The molecule has 1 N–H and O–H groups in total. The van der Waals surface area contributed by atoms with Gasteiger partial charge in [0, 0.05) is 41.8 Å². The Balaban J connectivity index is 1.55. The summed E-state index contributed by atoms with van der Waals surface area (Å²) in [6.07, 6.45) is 3.95. The third kappa shape index (κ3) is 2.71. The van der Waals surface area contributed by atoms with Crippen molar-refractivity contribution in [3.05, 3.63) is 22.7 Å². The molecular weight excluding hydrogens is 364 g/mol. The molecular formula is C19H26N4O3S. The molecule has 5 rings (SSSR count). The number of nitrogens with zero attached hydrogens (tertiary/aromatic N) is 3. The van der Waals surface area contributed by atoms with Gasteiger partial charge < -0.3 is 5.32 Å². The Morgan fingerprint density at radius 2 is 2.04 bits per heavy atom. The van der Waals surface area contributed by atoms with Gasteiger partial charge in [0.25, 0.3) is 0 Å². The molecule has 0 aromatic carbocycles. The fraction of sp³-hybridized carbons (Fsp3) is 0.737. The minimum atomic E-state index is -3.28. The lowest BCUT2D eigenvalue weighted by Gasteiger charge is -2.43. The Kier molecular flexibility index (Phi) is 3.58. The van der Waals surface area contributed by atoms with E-state index in [9.17, 15) is 13.2 Å². The van der Waals surface area contributed by atoms with Crippen molar-refractivity contribution in [1.82, 2.24) is 9.62 Å². The topological polar surface area (TPSA) is 91.2 Å². The molecule has 7 nitrogen and oxygen atoms in total. The van der Waals surface area contributed by atoms with Crippen LogP contribution in [0.1, 0.15) is 46.0 Å². The highest BCUT2D eigenvalue weighted by Crippen LogP contribution is 2.54. The molecule has 0 aromatic rings. The number of sulfonamides is 1.